The lowest BCUT2D eigenvalue weighted by Crippen LogP contribution is -2.23. The number of aliphatic hydroxyl groups excluding tert-OH is 1. The zero-order valence-corrected chi connectivity index (χ0v) is 15.2. The normalized spacial score (nSPS) is 12.5. The zero-order valence-electron chi connectivity index (χ0n) is 13.7. The molecule has 7 nitrogen and oxygen atoms in total. The summed E-state index contributed by atoms with van der Waals surface area (Å²) in [6, 6.07) is 5.51. The molecule has 0 saturated carbocycles. The van der Waals surface area contributed by atoms with Crippen LogP contribution in [0.25, 0.3) is 11.0 Å². The molecule has 0 aliphatic heterocycles. The Morgan fingerprint density at radius 1 is 1.32 bits per heavy atom. The molecule has 0 saturated heterocycles. The van der Waals surface area contributed by atoms with Gasteiger partial charge in [0.2, 0.25) is 5.28 Å². The number of hydrogen-bond donors (Lipinski definition) is 2. The Morgan fingerprint density at radius 3 is 2.80 bits per heavy atom. The van der Waals surface area contributed by atoms with Crippen LogP contribution in [0.4, 0.5) is 11.5 Å². The minimum absolute atomic E-state index is 0.0848. The minimum atomic E-state index is -0.481. The van der Waals surface area contributed by atoms with Crippen LogP contribution in [-0.2, 0) is 13.6 Å². The highest BCUT2D eigenvalue weighted by atomic mass is 35.5. The summed E-state index contributed by atoms with van der Waals surface area (Å²) >= 11 is 11.9. The predicted molar refractivity (Wildman–Crippen MR) is 98.8 cm³/mol. The first kappa shape index (κ1) is 17.7. The molecule has 0 fully saturated rings. The van der Waals surface area contributed by atoms with Gasteiger partial charge < -0.3 is 10.4 Å². The van der Waals surface area contributed by atoms with Crippen LogP contribution in [-0.4, -0.2) is 30.3 Å². The molecule has 0 radical (unpaired) electrons. The number of aromatic nitrogens is 4. The maximum atomic E-state index is 12.4. The largest absolute Gasteiger partial charge is 0.393 e. The molecule has 3 rings (SSSR count). The first-order valence-electron chi connectivity index (χ1n) is 7.69. The number of halogens is 2. The maximum Gasteiger partial charge on any atom is 0.328 e. The van der Waals surface area contributed by atoms with Crippen molar-refractivity contribution in [2.75, 3.05) is 5.32 Å². The Balaban J connectivity index is 2.02. The molecule has 3 aromatic rings. The summed E-state index contributed by atoms with van der Waals surface area (Å²) in [6.45, 7) is 2.13. The molecule has 1 aromatic carbocycles. The van der Waals surface area contributed by atoms with Crippen LogP contribution in [0.5, 0.6) is 0 Å². The van der Waals surface area contributed by atoms with Gasteiger partial charge >= 0.3 is 5.69 Å². The average Bonchev–Trinajstić information content (AvgIpc) is 2.80. The summed E-state index contributed by atoms with van der Waals surface area (Å²) in [6.07, 6.45) is 1.42. The highest BCUT2D eigenvalue weighted by Gasteiger charge is 2.13. The van der Waals surface area contributed by atoms with E-state index in [1.54, 1.807) is 23.1 Å². The lowest BCUT2D eigenvalue weighted by atomic mass is 10.2. The van der Waals surface area contributed by atoms with E-state index in [-0.39, 0.29) is 11.0 Å². The van der Waals surface area contributed by atoms with E-state index >= 15 is 0 Å². The van der Waals surface area contributed by atoms with Gasteiger partial charge in [0.1, 0.15) is 5.02 Å². The topological polar surface area (TPSA) is 85.0 Å². The van der Waals surface area contributed by atoms with Gasteiger partial charge in [-0.25, -0.2) is 9.78 Å². The molecule has 0 unspecified atom stereocenters. The third-order valence-corrected chi connectivity index (χ3v) is 4.35. The van der Waals surface area contributed by atoms with Crippen LogP contribution in [0.2, 0.25) is 10.3 Å². The van der Waals surface area contributed by atoms with E-state index in [9.17, 15) is 9.90 Å². The van der Waals surface area contributed by atoms with Crippen molar-refractivity contribution in [3.63, 3.8) is 0 Å². The minimum Gasteiger partial charge on any atom is -0.393 e. The molecular weight excluding hydrogens is 365 g/mol. The fraction of sp³-hybridized carbons (Fsp3) is 0.312. The number of hydrogen-bond acceptors (Lipinski definition) is 5. The van der Waals surface area contributed by atoms with Gasteiger partial charge in [-0.05, 0) is 43.1 Å². The molecule has 0 bridgehead atoms. The van der Waals surface area contributed by atoms with Gasteiger partial charge in [-0.2, -0.15) is 4.98 Å². The monoisotopic (exact) mass is 381 g/mol. The van der Waals surface area contributed by atoms with Gasteiger partial charge in [0.15, 0.2) is 5.82 Å². The molecule has 0 aliphatic rings. The Hall–Kier alpha value is -2.09. The van der Waals surface area contributed by atoms with Crippen molar-refractivity contribution in [3.05, 3.63) is 45.2 Å². The van der Waals surface area contributed by atoms with Crippen molar-refractivity contribution < 1.29 is 5.11 Å². The van der Waals surface area contributed by atoms with Crippen molar-refractivity contribution in [1.82, 2.24) is 19.1 Å². The number of rotatable bonds is 5. The van der Waals surface area contributed by atoms with Crippen LogP contribution >= 0.6 is 23.2 Å². The number of aryl methyl sites for hydroxylation is 2. The second kappa shape index (κ2) is 7.03. The van der Waals surface area contributed by atoms with Crippen molar-refractivity contribution in [2.24, 2.45) is 7.05 Å². The van der Waals surface area contributed by atoms with Crippen LogP contribution in [0.15, 0.2) is 29.2 Å². The fourth-order valence-corrected chi connectivity index (χ4v) is 2.86. The third-order valence-electron chi connectivity index (χ3n) is 3.89. The highest BCUT2D eigenvalue weighted by Crippen LogP contribution is 2.26. The van der Waals surface area contributed by atoms with Crippen LogP contribution in [0.1, 0.15) is 13.3 Å². The number of aliphatic hydroxyl groups is 1. The Labute approximate surface area is 153 Å². The van der Waals surface area contributed by atoms with Crippen LogP contribution < -0.4 is 11.0 Å². The zero-order chi connectivity index (χ0) is 18.1. The Kier molecular flexibility index (Phi) is 4.99. The molecule has 25 heavy (non-hydrogen) atoms. The van der Waals surface area contributed by atoms with Gasteiger partial charge in [0.25, 0.3) is 0 Å². The third kappa shape index (κ3) is 3.63. The first-order valence-corrected chi connectivity index (χ1v) is 8.45. The fourth-order valence-electron chi connectivity index (χ4n) is 2.59. The second-order valence-corrected chi connectivity index (χ2v) is 6.54. The van der Waals surface area contributed by atoms with Gasteiger partial charge in [-0.1, -0.05) is 11.6 Å². The second-order valence-electron chi connectivity index (χ2n) is 5.79. The SMILES string of the molecule is C[C@@H](O)CCn1c(=O)n(C)c2ccc(Nc3nc(Cl)ncc3Cl)cc21. The van der Waals surface area contributed by atoms with E-state index in [1.807, 2.05) is 18.2 Å². The number of benzene rings is 1. The van der Waals surface area contributed by atoms with E-state index in [4.69, 9.17) is 23.2 Å². The molecule has 2 aromatic heterocycles. The van der Waals surface area contributed by atoms with Crippen molar-refractivity contribution in [3.8, 4) is 0 Å². The molecule has 2 heterocycles. The van der Waals surface area contributed by atoms with Gasteiger partial charge in [-0.15, -0.1) is 0 Å². The molecule has 0 spiro atoms. The van der Waals surface area contributed by atoms with E-state index in [0.29, 0.717) is 29.5 Å². The number of anilines is 2. The van der Waals surface area contributed by atoms with Crippen molar-refractivity contribution >= 4 is 45.7 Å². The van der Waals surface area contributed by atoms with Crippen molar-refractivity contribution in [1.29, 1.82) is 0 Å². The molecule has 0 aliphatic carbocycles. The number of fused-ring (bicyclic) bond motifs is 1. The highest BCUT2D eigenvalue weighted by molar-refractivity contribution is 6.33. The smallest absolute Gasteiger partial charge is 0.328 e. The molecule has 9 heteroatoms. The maximum absolute atomic E-state index is 12.4. The van der Waals surface area contributed by atoms with Gasteiger partial charge in [0.05, 0.1) is 23.3 Å². The number of imidazole rings is 1. The predicted octanol–water partition coefficient (Wildman–Crippen LogP) is 2.95. The summed E-state index contributed by atoms with van der Waals surface area (Å²) in [5.41, 5.74) is 2.14. The summed E-state index contributed by atoms with van der Waals surface area (Å²) < 4.78 is 3.22. The summed E-state index contributed by atoms with van der Waals surface area (Å²) in [4.78, 5) is 20.3. The molecule has 2 N–H and O–H groups in total. The number of nitrogens with zero attached hydrogens (tertiary/aromatic N) is 4. The Bertz CT molecular complexity index is 981. The molecule has 0 amide bonds. The van der Waals surface area contributed by atoms with E-state index in [1.165, 1.54) is 6.20 Å². The molecule has 132 valence electrons. The standard InChI is InChI=1S/C16H17Cl2N5O2/c1-9(24)5-6-23-13-7-10(3-4-12(13)22(2)16(23)25)20-14-11(17)8-19-15(18)21-14/h3-4,7-9,24H,5-6H2,1-2H3,(H,19,20,21)/t9-/m1/s1. The quantitative estimate of drug-likeness (QED) is 0.663. The van der Waals surface area contributed by atoms with E-state index in [0.717, 1.165) is 11.0 Å². The summed E-state index contributed by atoms with van der Waals surface area (Å²) in [5, 5.41) is 13.0. The van der Waals surface area contributed by atoms with Gasteiger partial charge in [-0.3, -0.25) is 9.13 Å². The van der Waals surface area contributed by atoms with E-state index < -0.39 is 6.10 Å². The summed E-state index contributed by atoms with van der Waals surface area (Å²) in [5.74, 6) is 0.384. The van der Waals surface area contributed by atoms with Gasteiger partial charge in [0, 0.05) is 19.3 Å². The average molecular weight is 382 g/mol. The lowest BCUT2D eigenvalue weighted by molar-refractivity contribution is 0.178. The first-order chi connectivity index (χ1) is 11.9. The van der Waals surface area contributed by atoms with Crippen LogP contribution in [0, 0.1) is 0 Å². The molecule has 1 atom stereocenters. The van der Waals surface area contributed by atoms with Crippen molar-refractivity contribution in [2.45, 2.75) is 26.0 Å². The van der Waals surface area contributed by atoms with E-state index in [2.05, 4.69) is 15.3 Å². The van der Waals surface area contributed by atoms with Crippen LogP contribution in [0.3, 0.4) is 0 Å². The molecular formula is C16H17Cl2N5O2. The summed E-state index contributed by atoms with van der Waals surface area (Å²) in [7, 11) is 1.72. The lowest BCUT2D eigenvalue weighted by Gasteiger charge is -2.09. The Morgan fingerprint density at radius 2 is 2.08 bits per heavy atom. The number of nitrogens with one attached hydrogen (secondary N) is 1.